The van der Waals surface area contributed by atoms with Crippen LogP contribution in [0.3, 0.4) is 0 Å². The van der Waals surface area contributed by atoms with Crippen molar-refractivity contribution in [3.8, 4) is 0 Å². The van der Waals surface area contributed by atoms with Crippen LogP contribution in [0.4, 0.5) is 0 Å². The average molecular weight is 475 g/mol. The lowest BCUT2D eigenvalue weighted by Gasteiger charge is -2.21. The van der Waals surface area contributed by atoms with Crippen molar-refractivity contribution in [1.82, 2.24) is 10.6 Å². The first kappa shape index (κ1) is 25.2. The van der Waals surface area contributed by atoms with Crippen LogP contribution in [0.1, 0.15) is 43.9 Å². The van der Waals surface area contributed by atoms with Crippen molar-refractivity contribution in [1.29, 1.82) is 0 Å². The van der Waals surface area contributed by atoms with Gasteiger partial charge in [-0.05, 0) is 49.2 Å². The van der Waals surface area contributed by atoms with E-state index in [4.69, 9.17) is 4.74 Å². The van der Waals surface area contributed by atoms with Crippen molar-refractivity contribution in [2.24, 2.45) is 0 Å². The maximum Gasteiger partial charge on any atom is 0.338 e. The van der Waals surface area contributed by atoms with Crippen molar-refractivity contribution < 1.29 is 29.0 Å². The number of rotatable bonds is 11. The van der Waals surface area contributed by atoms with E-state index in [1.165, 1.54) is 0 Å². The summed E-state index contributed by atoms with van der Waals surface area (Å²) < 4.78 is 5.58. The molecule has 0 aromatic heterocycles. The molecule has 0 bridgehead atoms. The van der Waals surface area contributed by atoms with Crippen LogP contribution in [-0.2, 0) is 9.53 Å². The zero-order valence-corrected chi connectivity index (χ0v) is 18.9. The second-order valence-corrected chi connectivity index (χ2v) is 7.78. The zero-order chi connectivity index (χ0) is 25.0. The molecule has 0 saturated heterocycles. The van der Waals surface area contributed by atoms with Gasteiger partial charge in [-0.3, -0.25) is 9.59 Å². The van der Waals surface area contributed by atoms with Gasteiger partial charge in [-0.1, -0.05) is 54.6 Å². The molecule has 3 aromatic rings. The summed E-state index contributed by atoms with van der Waals surface area (Å²) >= 11 is 0. The molecule has 0 aliphatic heterocycles. The first-order valence-electron chi connectivity index (χ1n) is 11.1. The number of nitrogens with one attached hydrogen (secondary N) is 2. The Morgan fingerprint density at radius 1 is 0.686 bits per heavy atom. The van der Waals surface area contributed by atoms with Crippen LogP contribution in [0, 0.1) is 0 Å². The molecular weight excluding hydrogens is 448 g/mol. The van der Waals surface area contributed by atoms with E-state index in [0.29, 0.717) is 16.7 Å². The Hall–Kier alpha value is -4.46. The zero-order valence-electron chi connectivity index (χ0n) is 18.9. The molecule has 0 heterocycles. The molecule has 8 nitrogen and oxygen atoms in total. The lowest BCUT2D eigenvalue weighted by atomic mass is 10.1. The van der Waals surface area contributed by atoms with E-state index in [9.17, 15) is 24.3 Å². The molecule has 3 N–H and O–H groups in total. The number of carbonyl (C=O) groups excluding carboxylic acids is 3. The van der Waals surface area contributed by atoms with E-state index >= 15 is 0 Å². The maximum absolute atomic E-state index is 12.6. The molecule has 0 radical (unpaired) electrons. The van der Waals surface area contributed by atoms with E-state index in [2.05, 4.69) is 10.6 Å². The third-order valence-corrected chi connectivity index (χ3v) is 5.23. The third kappa shape index (κ3) is 7.82. The predicted molar refractivity (Wildman–Crippen MR) is 129 cm³/mol. The molecule has 0 aliphatic carbocycles. The molecule has 3 aromatic carbocycles. The Bertz CT molecular complexity index is 1140. The number of carbonyl (C=O) groups is 4. The van der Waals surface area contributed by atoms with Crippen molar-refractivity contribution in [2.75, 3.05) is 6.54 Å². The Labute approximate surface area is 202 Å². The minimum absolute atomic E-state index is 0.0121. The molecular formula is C27H26N2O6. The Balaban J connectivity index is 1.66. The number of benzene rings is 3. The number of esters is 1. The third-order valence-electron chi connectivity index (χ3n) is 5.23. The van der Waals surface area contributed by atoms with Crippen LogP contribution in [0.2, 0.25) is 0 Å². The van der Waals surface area contributed by atoms with Gasteiger partial charge in [0, 0.05) is 11.1 Å². The van der Waals surface area contributed by atoms with E-state index in [1.807, 2.05) is 0 Å². The number of hydrogen-bond acceptors (Lipinski definition) is 5. The fourth-order valence-corrected chi connectivity index (χ4v) is 3.34. The van der Waals surface area contributed by atoms with E-state index < -0.39 is 30.0 Å². The molecule has 0 spiro atoms. The number of ether oxygens (including phenoxy) is 1. The topological polar surface area (TPSA) is 122 Å². The van der Waals surface area contributed by atoms with E-state index in [1.54, 1.807) is 91.0 Å². The molecule has 0 fully saturated rings. The van der Waals surface area contributed by atoms with Crippen molar-refractivity contribution in [3.63, 3.8) is 0 Å². The SMILES string of the molecule is O=C(NCC(CCC(NC(=O)c1ccccc1)C(=O)O)OC(=O)c1ccccc1)c1ccccc1. The summed E-state index contributed by atoms with van der Waals surface area (Å²) in [7, 11) is 0. The van der Waals surface area contributed by atoms with E-state index in [0.717, 1.165) is 0 Å². The minimum Gasteiger partial charge on any atom is -0.480 e. The Kier molecular flexibility index (Phi) is 9.13. The van der Waals surface area contributed by atoms with Gasteiger partial charge in [0.15, 0.2) is 0 Å². The van der Waals surface area contributed by atoms with E-state index in [-0.39, 0.29) is 25.3 Å². The summed E-state index contributed by atoms with van der Waals surface area (Å²) in [6, 6.07) is 24.0. The van der Waals surface area contributed by atoms with Crippen LogP contribution in [0.5, 0.6) is 0 Å². The molecule has 2 unspecified atom stereocenters. The quantitative estimate of drug-likeness (QED) is 0.367. The fraction of sp³-hybridized carbons (Fsp3) is 0.185. The molecule has 2 atom stereocenters. The minimum atomic E-state index is -1.21. The van der Waals surface area contributed by atoms with Crippen molar-refractivity contribution in [3.05, 3.63) is 108 Å². The fourth-order valence-electron chi connectivity index (χ4n) is 3.34. The second kappa shape index (κ2) is 12.7. The first-order chi connectivity index (χ1) is 16.9. The van der Waals surface area contributed by atoms with Gasteiger partial charge in [0.1, 0.15) is 12.1 Å². The highest BCUT2D eigenvalue weighted by Crippen LogP contribution is 2.11. The molecule has 2 amide bonds. The number of carboxylic acid groups (broad SMARTS) is 1. The Morgan fingerprint density at radius 3 is 1.69 bits per heavy atom. The maximum atomic E-state index is 12.6. The standard InChI is InChI=1S/C27H26N2O6/c30-24(19-10-4-1-5-11-19)28-18-22(35-27(34)21-14-8-3-9-15-21)16-17-23(26(32)33)29-25(31)20-12-6-2-7-13-20/h1-15,22-23H,16-18H2,(H,28,30)(H,29,31)(H,32,33). The van der Waals surface area contributed by atoms with Gasteiger partial charge in [0.2, 0.25) is 0 Å². The molecule has 35 heavy (non-hydrogen) atoms. The monoisotopic (exact) mass is 474 g/mol. The first-order valence-corrected chi connectivity index (χ1v) is 11.1. The van der Waals surface area contributed by atoms with Crippen LogP contribution in [-0.4, -0.2) is 47.6 Å². The lowest BCUT2D eigenvalue weighted by molar-refractivity contribution is -0.139. The highest BCUT2D eigenvalue weighted by Gasteiger charge is 2.24. The highest BCUT2D eigenvalue weighted by atomic mass is 16.5. The normalized spacial score (nSPS) is 12.1. The van der Waals surface area contributed by atoms with Gasteiger partial charge in [0.05, 0.1) is 12.1 Å². The average Bonchev–Trinajstić information content (AvgIpc) is 2.90. The molecule has 3 rings (SSSR count). The summed E-state index contributed by atoms with van der Waals surface area (Å²) in [6.45, 7) is -0.0225. The van der Waals surface area contributed by atoms with Crippen LogP contribution in [0.15, 0.2) is 91.0 Å². The van der Waals surface area contributed by atoms with Gasteiger partial charge in [-0.2, -0.15) is 0 Å². The van der Waals surface area contributed by atoms with Gasteiger partial charge in [-0.15, -0.1) is 0 Å². The number of carboxylic acids is 1. The summed E-state index contributed by atoms with van der Waals surface area (Å²) in [5.74, 6) is -2.67. The number of hydrogen-bond donors (Lipinski definition) is 3. The van der Waals surface area contributed by atoms with Crippen LogP contribution < -0.4 is 10.6 Å². The molecule has 0 saturated carbocycles. The summed E-state index contributed by atoms with van der Waals surface area (Å²) in [4.78, 5) is 49.2. The van der Waals surface area contributed by atoms with Gasteiger partial charge < -0.3 is 20.5 Å². The van der Waals surface area contributed by atoms with Gasteiger partial charge in [-0.25, -0.2) is 9.59 Å². The van der Waals surface area contributed by atoms with Crippen LogP contribution in [0.25, 0.3) is 0 Å². The van der Waals surface area contributed by atoms with Crippen LogP contribution >= 0.6 is 0 Å². The largest absolute Gasteiger partial charge is 0.480 e. The number of amides is 2. The Morgan fingerprint density at radius 2 is 1.17 bits per heavy atom. The van der Waals surface area contributed by atoms with Crippen molar-refractivity contribution >= 4 is 23.8 Å². The molecule has 180 valence electrons. The predicted octanol–water partition coefficient (Wildman–Crippen LogP) is 3.31. The smallest absolute Gasteiger partial charge is 0.338 e. The second-order valence-electron chi connectivity index (χ2n) is 7.78. The summed E-state index contributed by atoms with van der Waals surface area (Å²) in [5, 5.41) is 14.8. The van der Waals surface area contributed by atoms with Crippen molar-refractivity contribution in [2.45, 2.75) is 25.0 Å². The summed E-state index contributed by atoms with van der Waals surface area (Å²) in [6.07, 6.45) is -0.729. The number of aliphatic carboxylic acids is 1. The molecule has 8 heteroatoms. The summed E-state index contributed by atoms with van der Waals surface area (Å²) in [5.41, 5.74) is 1.11. The van der Waals surface area contributed by atoms with Gasteiger partial charge >= 0.3 is 11.9 Å². The van der Waals surface area contributed by atoms with Gasteiger partial charge in [0.25, 0.3) is 11.8 Å². The highest BCUT2D eigenvalue weighted by molar-refractivity contribution is 5.96. The lowest BCUT2D eigenvalue weighted by Crippen LogP contribution is -2.42. The molecule has 0 aliphatic rings.